The molecule has 2 heterocycles. The van der Waals surface area contributed by atoms with Crippen molar-refractivity contribution < 1.29 is 19.4 Å². The van der Waals surface area contributed by atoms with Crippen molar-refractivity contribution in [2.45, 2.75) is 38.8 Å². The normalized spacial score (nSPS) is 11.9. The second-order valence-corrected chi connectivity index (χ2v) is 13.4. The molecule has 0 saturated carbocycles. The van der Waals surface area contributed by atoms with Crippen molar-refractivity contribution in [3.63, 3.8) is 0 Å². The van der Waals surface area contributed by atoms with Crippen LogP contribution in [0.25, 0.3) is 49.4 Å². The molecule has 8 rings (SSSR count). The summed E-state index contributed by atoms with van der Waals surface area (Å²) in [7, 11) is 0. The van der Waals surface area contributed by atoms with Crippen molar-refractivity contribution in [1.29, 1.82) is 0 Å². The predicted molar refractivity (Wildman–Crippen MR) is 216 cm³/mol. The van der Waals surface area contributed by atoms with Crippen molar-refractivity contribution in [2.24, 2.45) is 0 Å². The van der Waals surface area contributed by atoms with Crippen molar-refractivity contribution in [3.8, 4) is 11.5 Å². The van der Waals surface area contributed by atoms with E-state index < -0.39 is 0 Å². The van der Waals surface area contributed by atoms with Gasteiger partial charge in [-0.25, -0.2) is 0 Å². The van der Waals surface area contributed by atoms with E-state index in [1.807, 2.05) is 12.1 Å². The van der Waals surface area contributed by atoms with E-state index in [0.29, 0.717) is 35.8 Å². The molecule has 0 amide bonds. The quantitative estimate of drug-likeness (QED) is 0.0501. The molecule has 2 aromatic heterocycles. The van der Waals surface area contributed by atoms with E-state index in [0.717, 1.165) is 38.8 Å². The van der Waals surface area contributed by atoms with Crippen molar-refractivity contribution in [3.05, 3.63) is 163 Å². The van der Waals surface area contributed by atoms with Gasteiger partial charge in [0.1, 0.15) is 17.3 Å². The molecule has 6 heteroatoms. The highest BCUT2D eigenvalue weighted by Gasteiger charge is 2.13. The fraction of sp³-hybridized carbons (Fsp3) is 0.170. The summed E-state index contributed by atoms with van der Waals surface area (Å²) in [6.45, 7) is 2.77. The Morgan fingerprint density at radius 2 is 0.887 bits per heavy atom. The topological polar surface area (TPSA) is 65.6 Å². The summed E-state index contributed by atoms with van der Waals surface area (Å²) in [6, 6.07) is 48.6. The number of para-hydroxylation sites is 4. The standard InChI is InChI=1S/C47H42N2O4/c50-46(34-16-2-1-3-17-34)33-47(51)35-30-36(52-28-14-12-26-48-42-22-8-4-18-38(42)39-19-5-9-23-43(39)48)32-37(31-35)53-29-15-13-27-49-44-24-10-6-20-40(44)41-21-7-11-25-45(41)49/h1-11,16-25,30-33,51H,12-15,26-29H2/b47-33-. The van der Waals surface area contributed by atoms with Crippen LogP contribution in [0, 0.1) is 0 Å². The third-order valence-corrected chi connectivity index (χ3v) is 9.95. The minimum atomic E-state index is -0.271. The van der Waals surface area contributed by atoms with Gasteiger partial charge in [-0.15, -0.1) is 0 Å². The number of fused-ring (bicyclic) bond motifs is 6. The molecule has 0 spiro atoms. The highest BCUT2D eigenvalue weighted by atomic mass is 16.5. The average Bonchev–Trinajstić information content (AvgIpc) is 3.70. The number of unbranched alkanes of at least 4 members (excludes halogenated alkanes) is 2. The molecule has 0 unspecified atom stereocenters. The number of rotatable bonds is 15. The van der Waals surface area contributed by atoms with Crippen molar-refractivity contribution in [2.75, 3.05) is 13.2 Å². The Kier molecular flexibility index (Phi) is 9.93. The number of allylic oxidation sites excluding steroid dienone is 1. The lowest BCUT2D eigenvalue weighted by atomic mass is 10.1. The van der Waals surface area contributed by atoms with E-state index in [2.05, 4.69) is 106 Å². The number of nitrogens with zero attached hydrogens (tertiary/aromatic N) is 2. The Labute approximate surface area is 309 Å². The third-order valence-electron chi connectivity index (χ3n) is 9.95. The first kappa shape index (κ1) is 33.9. The lowest BCUT2D eigenvalue weighted by molar-refractivity contribution is 0.104. The SMILES string of the molecule is O=C(/C=C(\O)c1cc(OCCCCn2c3ccccc3c3ccccc32)cc(OCCCCn2c3ccccc3c3ccccc32)c1)c1ccccc1. The van der Waals surface area contributed by atoms with Gasteiger partial charge in [-0.3, -0.25) is 4.79 Å². The number of aromatic nitrogens is 2. The van der Waals surface area contributed by atoms with Crippen LogP contribution >= 0.6 is 0 Å². The summed E-state index contributed by atoms with van der Waals surface area (Å²) in [5.41, 5.74) is 5.95. The third kappa shape index (κ3) is 7.26. The molecular formula is C47H42N2O4. The second-order valence-electron chi connectivity index (χ2n) is 13.4. The second kappa shape index (κ2) is 15.5. The van der Waals surface area contributed by atoms with Gasteiger partial charge in [0.25, 0.3) is 0 Å². The van der Waals surface area contributed by atoms with Gasteiger partial charge in [0.05, 0.1) is 13.2 Å². The van der Waals surface area contributed by atoms with Gasteiger partial charge in [-0.2, -0.15) is 0 Å². The van der Waals surface area contributed by atoms with E-state index in [4.69, 9.17) is 9.47 Å². The molecule has 0 bridgehead atoms. The molecular weight excluding hydrogens is 657 g/mol. The molecule has 0 atom stereocenters. The summed E-state index contributed by atoms with van der Waals surface area (Å²) >= 11 is 0. The molecule has 264 valence electrons. The molecule has 6 aromatic carbocycles. The number of carbonyl (C=O) groups is 1. The number of hydrogen-bond acceptors (Lipinski definition) is 4. The number of ether oxygens (including phenoxy) is 2. The molecule has 0 aliphatic heterocycles. The zero-order valence-electron chi connectivity index (χ0n) is 29.7. The van der Waals surface area contributed by atoms with E-state index in [1.54, 1.807) is 36.4 Å². The van der Waals surface area contributed by atoms with E-state index >= 15 is 0 Å². The van der Waals surface area contributed by atoms with Crippen LogP contribution in [0.15, 0.2) is 152 Å². The van der Waals surface area contributed by atoms with Crippen LogP contribution in [0.4, 0.5) is 0 Å². The first-order valence-corrected chi connectivity index (χ1v) is 18.5. The minimum Gasteiger partial charge on any atom is -0.507 e. The minimum absolute atomic E-state index is 0.133. The van der Waals surface area contributed by atoms with Crippen molar-refractivity contribution >= 4 is 55.2 Å². The average molecular weight is 699 g/mol. The fourth-order valence-corrected chi connectivity index (χ4v) is 7.39. The number of aryl methyl sites for hydroxylation is 2. The number of aliphatic hydroxyl groups is 1. The molecule has 0 aliphatic carbocycles. The Hall–Kier alpha value is -6.27. The van der Waals surface area contributed by atoms with Gasteiger partial charge in [0.15, 0.2) is 5.78 Å². The van der Waals surface area contributed by atoms with E-state index in [1.165, 1.54) is 49.7 Å². The van der Waals surface area contributed by atoms with Crippen LogP contribution in [0.5, 0.6) is 11.5 Å². The van der Waals surface area contributed by atoms with Gasteiger partial charge in [-0.05, 0) is 62.1 Å². The lowest BCUT2D eigenvalue weighted by Gasteiger charge is -2.13. The predicted octanol–water partition coefficient (Wildman–Crippen LogP) is 11.4. The zero-order chi connectivity index (χ0) is 36.0. The monoisotopic (exact) mass is 698 g/mol. The van der Waals surface area contributed by atoms with Gasteiger partial charge in [-0.1, -0.05) is 103 Å². The first-order valence-electron chi connectivity index (χ1n) is 18.5. The number of hydrogen-bond donors (Lipinski definition) is 1. The highest BCUT2D eigenvalue weighted by molar-refractivity contribution is 6.09. The van der Waals surface area contributed by atoms with Crippen LogP contribution in [-0.4, -0.2) is 33.2 Å². The van der Waals surface area contributed by atoms with Crippen LogP contribution in [0.3, 0.4) is 0 Å². The van der Waals surface area contributed by atoms with Crippen LogP contribution in [0.1, 0.15) is 41.6 Å². The molecule has 6 nitrogen and oxygen atoms in total. The summed E-state index contributed by atoms with van der Waals surface area (Å²) in [4.78, 5) is 12.9. The van der Waals surface area contributed by atoms with E-state index in [9.17, 15) is 9.90 Å². The van der Waals surface area contributed by atoms with Crippen LogP contribution in [0.2, 0.25) is 0 Å². The molecule has 8 aromatic rings. The Bertz CT molecular complexity index is 2310. The summed E-state index contributed by atoms with van der Waals surface area (Å²) in [5.74, 6) is 0.775. The van der Waals surface area contributed by atoms with Gasteiger partial charge in [0, 0.05) is 80.0 Å². The lowest BCUT2D eigenvalue weighted by Crippen LogP contribution is -2.04. The van der Waals surface area contributed by atoms with Crippen LogP contribution < -0.4 is 9.47 Å². The molecule has 0 saturated heterocycles. The Balaban J connectivity index is 0.936. The summed E-state index contributed by atoms with van der Waals surface area (Å²) in [5, 5.41) is 16.2. The van der Waals surface area contributed by atoms with Gasteiger partial charge >= 0.3 is 0 Å². The van der Waals surface area contributed by atoms with Gasteiger partial charge < -0.3 is 23.7 Å². The van der Waals surface area contributed by atoms with Crippen LogP contribution in [-0.2, 0) is 13.1 Å². The zero-order valence-corrected chi connectivity index (χ0v) is 29.7. The van der Waals surface area contributed by atoms with Crippen molar-refractivity contribution in [1.82, 2.24) is 9.13 Å². The molecule has 53 heavy (non-hydrogen) atoms. The number of benzene rings is 6. The summed E-state index contributed by atoms with van der Waals surface area (Å²) < 4.78 is 17.3. The number of aliphatic hydroxyl groups excluding tert-OH is 1. The van der Waals surface area contributed by atoms with E-state index in [-0.39, 0.29) is 11.5 Å². The molecule has 0 fully saturated rings. The first-order chi connectivity index (χ1) is 26.1. The highest BCUT2D eigenvalue weighted by Crippen LogP contribution is 2.31. The largest absolute Gasteiger partial charge is 0.507 e. The molecule has 1 N–H and O–H groups in total. The maximum atomic E-state index is 12.9. The number of carbonyl (C=O) groups excluding carboxylic acids is 1. The summed E-state index contributed by atoms with van der Waals surface area (Å²) in [6.07, 6.45) is 4.83. The fourth-order valence-electron chi connectivity index (χ4n) is 7.39. The Morgan fingerprint density at radius 3 is 1.32 bits per heavy atom. The van der Waals surface area contributed by atoms with Gasteiger partial charge in [0.2, 0.25) is 0 Å². The number of ketones is 1. The maximum absolute atomic E-state index is 12.9. The Morgan fingerprint density at radius 1 is 0.491 bits per heavy atom. The maximum Gasteiger partial charge on any atom is 0.189 e. The smallest absolute Gasteiger partial charge is 0.189 e. The molecule has 0 radical (unpaired) electrons. The molecule has 0 aliphatic rings.